The van der Waals surface area contributed by atoms with Gasteiger partial charge in [0.2, 0.25) is 0 Å². The first kappa shape index (κ1) is 16.8. The van der Waals surface area contributed by atoms with Crippen molar-refractivity contribution >= 4 is 16.8 Å². The highest BCUT2D eigenvalue weighted by Crippen LogP contribution is 2.19. The van der Waals surface area contributed by atoms with E-state index < -0.39 is 0 Å². The third-order valence-electron chi connectivity index (χ3n) is 4.18. The van der Waals surface area contributed by atoms with Crippen LogP contribution in [0.4, 0.5) is 4.39 Å². The Labute approximate surface area is 154 Å². The first-order valence-electron chi connectivity index (χ1n) is 8.38. The zero-order chi connectivity index (χ0) is 18.8. The maximum absolute atomic E-state index is 13.5. The number of carbonyl (C=O) groups excluding carboxylic acids is 1. The van der Waals surface area contributed by atoms with Crippen molar-refractivity contribution in [1.82, 2.24) is 24.8 Å². The summed E-state index contributed by atoms with van der Waals surface area (Å²) in [6.07, 6.45) is 6.87. The van der Waals surface area contributed by atoms with E-state index in [9.17, 15) is 9.18 Å². The fourth-order valence-electron chi connectivity index (χ4n) is 2.87. The molecule has 3 heterocycles. The minimum atomic E-state index is -0.379. The summed E-state index contributed by atoms with van der Waals surface area (Å²) in [4.78, 5) is 25.3. The molecule has 0 fully saturated rings. The molecule has 3 aromatic heterocycles. The lowest BCUT2D eigenvalue weighted by molar-refractivity contribution is 0.0952. The molecule has 27 heavy (non-hydrogen) atoms. The van der Waals surface area contributed by atoms with Crippen LogP contribution in [0, 0.1) is 12.7 Å². The summed E-state index contributed by atoms with van der Waals surface area (Å²) in [6, 6.07) is 9.70. The summed E-state index contributed by atoms with van der Waals surface area (Å²) < 4.78 is 15.3. The van der Waals surface area contributed by atoms with Gasteiger partial charge in [0.1, 0.15) is 18.0 Å². The first-order valence-corrected chi connectivity index (χ1v) is 8.38. The number of rotatable bonds is 4. The number of fused-ring (bicyclic) bond motifs is 1. The van der Waals surface area contributed by atoms with Gasteiger partial charge in [-0.1, -0.05) is 6.07 Å². The number of aryl methyl sites for hydroxylation is 1. The number of benzene rings is 1. The summed E-state index contributed by atoms with van der Waals surface area (Å²) in [6.45, 7) is 2.11. The van der Waals surface area contributed by atoms with Crippen LogP contribution in [0.2, 0.25) is 0 Å². The molecule has 1 N–H and O–H groups in total. The average molecular weight is 361 g/mol. The van der Waals surface area contributed by atoms with Crippen molar-refractivity contribution in [3.63, 3.8) is 0 Å². The van der Waals surface area contributed by atoms with Crippen molar-refractivity contribution in [3.8, 4) is 5.82 Å². The Morgan fingerprint density at radius 2 is 2.11 bits per heavy atom. The van der Waals surface area contributed by atoms with E-state index in [0.29, 0.717) is 28.7 Å². The molecular formula is C20H16FN5O. The average Bonchev–Trinajstić information content (AvgIpc) is 3.20. The molecule has 0 aliphatic carbocycles. The minimum absolute atomic E-state index is 0.240. The van der Waals surface area contributed by atoms with Crippen LogP contribution >= 0.6 is 0 Å². The van der Waals surface area contributed by atoms with E-state index in [1.165, 1.54) is 12.1 Å². The molecule has 134 valence electrons. The number of hydrogen-bond acceptors (Lipinski definition) is 4. The largest absolute Gasteiger partial charge is 0.348 e. The SMILES string of the molecule is Cc1cc(C(=O)NCc2ccc(-n3ccnc3)nc2)c2ccc(F)cc2n1. The first-order chi connectivity index (χ1) is 13.1. The fourth-order valence-corrected chi connectivity index (χ4v) is 2.87. The summed E-state index contributed by atoms with van der Waals surface area (Å²) in [7, 11) is 0. The molecule has 0 aliphatic heterocycles. The van der Waals surface area contributed by atoms with Gasteiger partial charge in [-0.15, -0.1) is 0 Å². The topological polar surface area (TPSA) is 72.7 Å². The van der Waals surface area contributed by atoms with Crippen LogP contribution in [-0.2, 0) is 6.54 Å². The molecule has 0 saturated heterocycles. The summed E-state index contributed by atoms with van der Waals surface area (Å²) in [5.41, 5.74) is 2.46. The highest BCUT2D eigenvalue weighted by atomic mass is 19.1. The Balaban J connectivity index is 1.52. The second kappa shape index (κ2) is 6.95. The van der Waals surface area contributed by atoms with Gasteiger partial charge in [0.05, 0.1) is 11.1 Å². The Morgan fingerprint density at radius 1 is 1.22 bits per heavy atom. The third-order valence-corrected chi connectivity index (χ3v) is 4.18. The monoisotopic (exact) mass is 361 g/mol. The van der Waals surface area contributed by atoms with Crippen molar-refractivity contribution < 1.29 is 9.18 Å². The quantitative estimate of drug-likeness (QED) is 0.606. The zero-order valence-electron chi connectivity index (χ0n) is 14.6. The predicted molar refractivity (Wildman–Crippen MR) is 99.0 cm³/mol. The molecule has 0 radical (unpaired) electrons. The van der Waals surface area contributed by atoms with Crippen molar-refractivity contribution in [2.45, 2.75) is 13.5 Å². The predicted octanol–water partition coefficient (Wildman–Crippen LogP) is 3.19. The van der Waals surface area contributed by atoms with E-state index in [1.807, 2.05) is 18.3 Å². The van der Waals surface area contributed by atoms with Crippen LogP contribution < -0.4 is 5.32 Å². The van der Waals surface area contributed by atoms with Gasteiger partial charge in [0, 0.05) is 42.3 Å². The molecule has 4 rings (SSSR count). The van der Waals surface area contributed by atoms with Crippen LogP contribution in [0.5, 0.6) is 0 Å². The number of hydrogen-bond donors (Lipinski definition) is 1. The lowest BCUT2D eigenvalue weighted by Gasteiger charge is -2.10. The van der Waals surface area contributed by atoms with Gasteiger partial charge < -0.3 is 5.32 Å². The van der Waals surface area contributed by atoms with Gasteiger partial charge >= 0.3 is 0 Å². The number of halogens is 1. The molecule has 6 nitrogen and oxygen atoms in total. The molecule has 0 saturated carbocycles. The Hall–Kier alpha value is -3.61. The van der Waals surface area contributed by atoms with Gasteiger partial charge in [-0.2, -0.15) is 0 Å². The smallest absolute Gasteiger partial charge is 0.252 e. The molecule has 0 unspecified atom stereocenters. The molecule has 7 heteroatoms. The van der Waals surface area contributed by atoms with Gasteiger partial charge in [0.25, 0.3) is 5.91 Å². The highest BCUT2D eigenvalue weighted by Gasteiger charge is 2.12. The van der Waals surface area contributed by atoms with Crippen LogP contribution in [0.15, 0.2) is 61.3 Å². The van der Waals surface area contributed by atoms with Crippen LogP contribution in [-0.4, -0.2) is 25.4 Å². The van der Waals surface area contributed by atoms with Gasteiger partial charge in [-0.25, -0.2) is 14.4 Å². The highest BCUT2D eigenvalue weighted by molar-refractivity contribution is 6.06. The normalized spacial score (nSPS) is 10.9. The summed E-state index contributed by atoms with van der Waals surface area (Å²) >= 11 is 0. The van der Waals surface area contributed by atoms with E-state index >= 15 is 0 Å². The standard InChI is InChI=1S/C20H16FN5O/c1-13-8-17(16-4-3-15(21)9-18(16)25-13)20(27)24-11-14-2-5-19(23-10-14)26-7-6-22-12-26/h2-10,12H,11H2,1H3,(H,24,27). The van der Waals surface area contributed by atoms with Gasteiger partial charge in [0.15, 0.2) is 0 Å². The van der Waals surface area contributed by atoms with Crippen molar-refractivity contribution in [2.75, 3.05) is 0 Å². The van der Waals surface area contributed by atoms with E-state index in [-0.39, 0.29) is 11.7 Å². The number of carbonyl (C=O) groups is 1. The molecule has 4 aromatic rings. The van der Waals surface area contributed by atoms with Crippen molar-refractivity contribution in [2.24, 2.45) is 0 Å². The summed E-state index contributed by atoms with van der Waals surface area (Å²) in [5, 5.41) is 3.50. The number of pyridine rings is 2. The number of nitrogens with one attached hydrogen (secondary N) is 1. The second-order valence-electron chi connectivity index (χ2n) is 6.15. The van der Waals surface area contributed by atoms with Gasteiger partial charge in [-0.05, 0) is 36.8 Å². The Bertz CT molecular complexity index is 1100. The van der Waals surface area contributed by atoms with E-state index in [0.717, 1.165) is 11.4 Å². The number of aromatic nitrogens is 4. The molecular weight excluding hydrogens is 345 g/mol. The van der Waals surface area contributed by atoms with Crippen molar-refractivity contribution in [1.29, 1.82) is 0 Å². The molecule has 1 amide bonds. The maximum atomic E-state index is 13.5. The molecule has 1 aromatic carbocycles. The van der Waals surface area contributed by atoms with E-state index in [2.05, 4.69) is 20.3 Å². The zero-order valence-corrected chi connectivity index (χ0v) is 14.6. The van der Waals surface area contributed by atoms with Crippen LogP contribution in [0.3, 0.4) is 0 Å². The Kier molecular flexibility index (Phi) is 4.33. The molecule has 0 bridgehead atoms. The lowest BCUT2D eigenvalue weighted by atomic mass is 10.1. The third kappa shape index (κ3) is 3.52. The number of amides is 1. The van der Waals surface area contributed by atoms with E-state index in [4.69, 9.17) is 0 Å². The number of imidazole rings is 1. The summed E-state index contributed by atoms with van der Waals surface area (Å²) in [5.74, 6) is 0.132. The van der Waals surface area contributed by atoms with Crippen molar-refractivity contribution in [3.05, 3.63) is 84.0 Å². The van der Waals surface area contributed by atoms with E-state index in [1.54, 1.807) is 42.3 Å². The van der Waals surface area contributed by atoms with Gasteiger partial charge in [-0.3, -0.25) is 14.3 Å². The van der Waals surface area contributed by atoms with Crippen LogP contribution in [0.25, 0.3) is 16.7 Å². The second-order valence-corrected chi connectivity index (χ2v) is 6.15. The fraction of sp³-hybridized carbons (Fsp3) is 0.100. The minimum Gasteiger partial charge on any atom is -0.348 e. The molecule has 0 spiro atoms. The van der Waals surface area contributed by atoms with Crippen LogP contribution in [0.1, 0.15) is 21.6 Å². The molecule has 0 atom stereocenters. The lowest BCUT2D eigenvalue weighted by Crippen LogP contribution is -2.23. The number of nitrogens with zero attached hydrogens (tertiary/aromatic N) is 4. The maximum Gasteiger partial charge on any atom is 0.252 e. The Morgan fingerprint density at radius 3 is 2.85 bits per heavy atom. The molecule has 0 aliphatic rings.